The van der Waals surface area contributed by atoms with E-state index in [-0.39, 0.29) is 12.1 Å². The summed E-state index contributed by atoms with van der Waals surface area (Å²) in [6.45, 7) is 8.17. The number of rotatable bonds is 8. The number of hydrogen-bond donors (Lipinski definition) is 2. The van der Waals surface area contributed by atoms with E-state index in [2.05, 4.69) is 46.0 Å². The molecular weight excluding hydrogens is 350 g/mol. The summed E-state index contributed by atoms with van der Waals surface area (Å²) in [7, 11) is 4.10. The standard InChI is InChI=1S/C17H33N7OS/c1-13(15-12-23(3)8-9-25-15)20-17(18-7-6-10-26-5)19-11-16-22-21-14(2)24(16)4/h13,15H,6-12H2,1-5H3,(H2,18,19,20). The topological polar surface area (TPSA) is 79.6 Å². The minimum atomic E-state index is 0.156. The van der Waals surface area contributed by atoms with Crippen molar-refractivity contribution in [2.75, 3.05) is 45.3 Å². The zero-order valence-corrected chi connectivity index (χ0v) is 17.5. The van der Waals surface area contributed by atoms with Gasteiger partial charge in [0.05, 0.1) is 18.8 Å². The van der Waals surface area contributed by atoms with Crippen molar-refractivity contribution in [2.45, 2.75) is 39.0 Å². The summed E-state index contributed by atoms with van der Waals surface area (Å²) < 4.78 is 7.89. The van der Waals surface area contributed by atoms with Crippen LogP contribution in [0, 0.1) is 6.92 Å². The number of morpholine rings is 1. The van der Waals surface area contributed by atoms with Gasteiger partial charge in [0.2, 0.25) is 0 Å². The summed E-state index contributed by atoms with van der Waals surface area (Å²) in [6, 6.07) is 0.172. The first-order valence-corrected chi connectivity index (χ1v) is 10.6. The first kappa shape index (κ1) is 21.0. The minimum Gasteiger partial charge on any atom is -0.373 e. The van der Waals surface area contributed by atoms with E-state index in [0.717, 1.165) is 56.0 Å². The molecule has 0 amide bonds. The Hall–Kier alpha value is -1.32. The highest BCUT2D eigenvalue weighted by atomic mass is 32.2. The monoisotopic (exact) mass is 383 g/mol. The Morgan fingerprint density at radius 3 is 2.88 bits per heavy atom. The van der Waals surface area contributed by atoms with Crippen LogP contribution in [0.1, 0.15) is 25.0 Å². The van der Waals surface area contributed by atoms with E-state index in [4.69, 9.17) is 9.73 Å². The second kappa shape index (κ2) is 10.7. The number of hydrogen-bond acceptors (Lipinski definition) is 6. The predicted molar refractivity (Wildman–Crippen MR) is 108 cm³/mol. The number of thioether (sulfide) groups is 1. The van der Waals surface area contributed by atoms with Crippen LogP contribution in [0.4, 0.5) is 0 Å². The lowest BCUT2D eigenvalue weighted by molar-refractivity contribution is -0.0324. The third-order valence-electron chi connectivity index (χ3n) is 4.60. The molecule has 148 valence electrons. The van der Waals surface area contributed by atoms with Gasteiger partial charge in [0, 0.05) is 26.7 Å². The summed E-state index contributed by atoms with van der Waals surface area (Å²) in [5.41, 5.74) is 0. The molecule has 0 aromatic carbocycles. The SMILES string of the molecule is CSCCCNC(=NCc1nnc(C)n1C)NC(C)C1CN(C)CCO1. The lowest BCUT2D eigenvalue weighted by atomic mass is 10.1. The van der Waals surface area contributed by atoms with E-state index in [9.17, 15) is 0 Å². The maximum absolute atomic E-state index is 5.92. The van der Waals surface area contributed by atoms with Gasteiger partial charge in [0.25, 0.3) is 0 Å². The van der Waals surface area contributed by atoms with Gasteiger partial charge in [-0.15, -0.1) is 10.2 Å². The van der Waals surface area contributed by atoms with E-state index in [1.165, 1.54) is 0 Å². The van der Waals surface area contributed by atoms with E-state index in [0.29, 0.717) is 6.54 Å². The fourth-order valence-corrected chi connectivity index (χ4v) is 3.17. The average molecular weight is 384 g/mol. The second-order valence-electron chi connectivity index (χ2n) is 6.76. The summed E-state index contributed by atoms with van der Waals surface area (Å²) in [5, 5.41) is 15.2. The van der Waals surface area contributed by atoms with Gasteiger partial charge in [-0.3, -0.25) is 0 Å². The maximum Gasteiger partial charge on any atom is 0.192 e. The third-order valence-corrected chi connectivity index (χ3v) is 5.29. The molecule has 9 heteroatoms. The molecule has 8 nitrogen and oxygen atoms in total. The van der Waals surface area contributed by atoms with E-state index >= 15 is 0 Å². The summed E-state index contributed by atoms with van der Waals surface area (Å²) in [5.74, 6) is 3.68. The van der Waals surface area contributed by atoms with Gasteiger partial charge in [-0.2, -0.15) is 11.8 Å². The number of aliphatic imine (C=N–C) groups is 1. The molecule has 0 spiro atoms. The van der Waals surface area contributed by atoms with Crippen molar-refractivity contribution in [2.24, 2.45) is 12.0 Å². The van der Waals surface area contributed by atoms with E-state index < -0.39 is 0 Å². The molecule has 1 aliphatic heterocycles. The molecule has 1 aromatic rings. The number of nitrogens with zero attached hydrogens (tertiary/aromatic N) is 5. The molecule has 0 bridgehead atoms. The van der Waals surface area contributed by atoms with Gasteiger partial charge < -0.3 is 24.8 Å². The highest BCUT2D eigenvalue weighted by Gasteiger charge is 2.24. The predicted octanol–water partition coefficient (Wildman–Crippen LogP) is 0.631. The molecule has 1 saturated heterocycles. The van der Waals surface area contributed by atoms with Gasteiger partial charge in [-0.1, -0.05) is 0 Å². The van der Waals surface area contributed by atoms with Gasteiger partial charge >= 0.3 is 0 Å². The fraction of sp³-hybridized carbons (Fsp3) is 0.824. The van der Waals surface area contributed by atoms with Crippen molar-refractivity contribution < 1.29 is 4.74 Å². The molecule has 1 aliphatic rings. The molecule has 2 N–H and O–H groups in total. The van der Waals surface area contributed by atoms with Crippen LogP contribution in [-0.4, -0.2) is 83.1 Å². The average Bonchev–Trinajstić information content (AvgIpc) is 2.95. The van der Waals surface area contributed by atoms with Crippen LogP contribution >= 0.6 is 11.8 Å². The maximum atomic E-state index is 5.92. The lowest BCUT2D eigenvalue weighted by Gasteiger charge is -2.34. The Balaban J connectivity index is 1.97. The smallest absolute Gasteiger partial charge is 0.192 e. The summed E-state index contributed by atoms with van der Waals surface area (Å²) in [4.78, 5) is 7.02. The highest BCUT2D eigenvalue weighted by molar-refractivity contribution is 7.98. The van der Waals surface area contributed by atoms with Crippen molar-refractivity contribution in [3.63, 3.8) is 0 Å². The van der Waals surface area contributed by atoms with Crippen LogP contribution in [0.15, 0.2) is 4.99 Å². The number of guanidine groups is 1. The zero-order valence-electron chi connectivity index (χ0n) is 16.7. The number of likely N-dealkylation sites (N-methyl/N-ethyl adjacent to an activating group) is 1. The molecular formula is C17H33N7OS. The normalized spacial score (nSPS) is 20.2. The molecule has 0 saturated carbocycles. The number of aryl methyl sites for hydroxylation is 1. The number of nitrogens with one attached hydrogen (secondary N) is 2. The first-order chi connectivity index (χ1) is 12.5. The van der Waals surface area contributed by atoms with Crippen molar-refractivity contribution in [3.05, 3.63) is 11.6 Å². The van der Waals surface area contributed by atoms with Crippen LogP contribution < -0.4 is 10.6 Å². The van der Waals surface area contributed by atoms with Gasteiger partial charge in [0.15, 0.2) is 11.8 Å². The third kappa shape index (κ3) is 6.44. The van der Waals surface area contributed by atoms with Crippen LogP contribution in [0.5, 0.6) is 0 Å². The van der Waals surface area contributed by atoms with Crippen LogP contribution in [0.2, 0.25) is 0 Å². The second-order valence-corrected chi connectivity index (χ2v) is 7.75. The molecule has 2 unspecified atom stereocenters. The Kier molecular flexibility index (Phi) is 8.67. The van der Waals surface area contributed by atoms with Gasteiger partial charge in [-0.25, -0.2) is 4.99 Å². The molecule has 2 heterocycles. The number of aromatic nitrogens is 3. The van der Waals surface area contributed by atoms with E-state index in [1.807, 2.05) is 30.3 Å². The van der Waals surface area contributed by atoms with Gasteiger partial charge in [-0.05, 0) is 39.3 Å². The molecule has 2 atom stereocenters. The molecule has 0 aliphatic carbocycles. The highest BCUT2D eigenvalue weighted by Crippen LogP contribution is 2.07. The lowest BCUT2D eigenvalue weighted by Crippen LogP contribution is -2.53. The Labute approximate surface area is 161 Å². The van der Waals surface area contributed by atoms with Crippen molar-refractivity contribution in [1.29, 1.82) is 0 Å². The summed E-state index contributed by atoms with van der Waals surface area (Å²) in [6.07, 6.45) is 3.38. The van der Waals surface area contributed by atoms with Crippen LogP contribution in [0.25, 0.3) is 0 Å². The Bertz CT molecular complexity index is 577. The Morgan fingerprint density at radius 1 is 1.42 bits per heavy atom. The van der Waals surface area contributed by atoms with Crippen molar-refractivity contribution in [3.8, 4) is 0 Å². The first-order valence-electron chi connectivity index (χ1n) is 9.20. The quantitative estimate of drug-likeness (QED) is 0.387. The fourth-order valence-electron chi connectivity index (χ4n) is 2.74. The van der Waals surface area contributed by atoms with Gasteiger partial charge in [0.1, 0.15) is 12.4 Å². The molecule has 2 rings (SSSR count). The molecule has 1 aromatic heterocycles. The Morgan fingerprint density at radius 2 is 2.23 bits per heavy atom. The molecule has 1 fully saturated rings. The minimum absolute atomic E-state index is 0.156. The summed E-state index contributed by atoms with van der Waals surface area (Å²) >= 11 is 1.86. The van der Waals surface area contributed by atoms with Crippen molar-refractivity contribution >= 4 is 17.7 Å². The van der Waals surface area contributed by atoms with Crippen LogP contribution in [0.3, 0.4) is 0 Å². The number of ether oxygens (including phenoxy) is 1. The zero-order chi connectivity index (χ0) is 18.9. The molecule has 26 heavy (non-hydrogen) atoms. The van der Waals surface area contributed by atoms with Crippen molar-refractivity contribution in [1.82, 2.24) is 30.3 Å². The van der Waals surface area contributed by atoms with E-state index in [1.54, 1.807) is 0 Å². The molecule has 0 radical (unpaired) electrons. The largest absolute Gasteiger partial charge is 0.373 e. The van der Waals surface area contributed by atoms with Crippen LogP contribution in [-0.2, 0) is 18.3 Å².